The van der Waals surface area contributed by atoms with Gasteiger partial charge < -0.3 is 15.0 Å². The number of aryl methyl sites for hydroxylation is 1. The minimum Gasteiger partial charge on any atom is -0.376 e. The molecule has 1 fully saturated rings. The summed E-state index contributed by atoms with van der Waals surface area (Å²) in [6, 6.07) is 24.8. The largest absolute Gasteiger partial charge is 0.376 e. The van der Waals surface area contributed by atoms with Crippen LogP contribution in [0.4, 0.5) is 0 Å². The number of rotatable bonds is 11. The summed E-state index contributed by atoms with van der Waals surface area (Å²) in [6.45, 7) is 3.60. The number of fused-ring (bicyclic) bond motifs is 1. The molecular weight excluding hydrogens is 490 g/mol. The molecule has 0 spiro atoms. The molecule has 0 unspecified atom stereocenters. The fourth-order valence-corrected chi connectivity index (χ4v) is 5.07. The van der Waals surface area contributed by atoms with Crippen molar-refractivity contribution < 1.29 is 14.3 Å². The quantitative estimate of drug-likeness (QED) is 0.319. The number of amides is 2. The molecule has 1 aromatic heterocycles. The third-order valence-corrected chi connectivity index (χ3v) is 7.30. The monoisotopic (exact) mass is 525 g/mol. The molecule has 1 aliphatic rings. The number of carbonyl (C=O) groups excluding carboxylic acids is 2. The number of hydrogen-bond donors (Lipinski definition) is 1. The van der Waals surface area contributed by atoms with Gasteiger partial charge in [0.15, 0.2) is 0 Å². The van der Waals surface area contributed by atoms with E-state index in [-0.39, 0.29) is 24.5 Å². The maximum absolute atomic E-state index is 14.0. The molecule has 2 heterocycles. The standard InChI is InChI=1S/C31H35N5O3/c1-2-23-14-16-25(17-15-23)30(31(38)32-21-26-11-8-20-39-26)35(19-18-24-9-4-3-5-10-24)29(37)22-36-28-13-7-6-12-27(28)33-34-36/h3-7,9-10,12-17,26,30H,2,8,11,18-22H2,1H3,(H,32,38)/t26-,30-/m1/s1. The fourth-order valence-electron chi connectivity index (χ4n) is 5.07. The van der Waals surface area contributed by atoms with Gasteiger partial charge in [0.2, 0.25) is 11.8 Å². The molecule has 0 aliphatic carbocycles. The highest BCUT2D eigenvalue weighted by Gasteiger charge is 2.32. The second-order valence-electron chi connectivity index (χ2n) is 9.94. The molecule has 1 N–H and O–H groups in total. The first-order valence-corrected chi connectivity index (χ1v) is 13.7. The predicted molar refractivity (Wildman–Crippen MR) is 150 cm³/mol. The van der Waals surface area contributed by atoms with Crippen LogP contribution in [0.15, 0.2) is 78.9 Å². The van der Waals surface area contributed by atoms with Gasteiger partial charge in [0.05, 0.1) is 11.6 Å². The Hall–Kier alpha value is -4.04. The van der Waals surface area contributed by atoms with Gasteiger partial charge in [-0.05, 0) is 54.5 Å². The van der Waals surface area contributed by atoms with Crippen LogP contribution in [0, 0.1) is 0 Å². The maximum Gasteiger partial charge on any atom is 0.247 e. The Labute approximate surface area is 229 Å². The van der Waals surface area contributed by atoms with Gasteiger partial charge in [-0.25, -0.2) is 4.68 Å². The van der Waals surface area contributed by atoms with Crippen LogP contribution in [0.3, 0.4) is 0 Å². The van der Waals surface area contributed by atoms with Gasteiger partial charge in [0, 0.05) is 19.7 Å². The first-order chi connectivity index (χ1) is 19.1. The summed E-state index contributed by atoms with van der Waals surface area (Å²) < 4.78 is 7.34. The second-order valence-corrected chi connectivity index (χ2v) is 9.94. The van der Waals surface area contributed by atoms with E-state index in [0.29, 0.717) is 19.5 Å². The van der Waals surface area contributed by atoms with Crippen LogP contribution in [0.2, 0.25) is 0 Å². The van der Waals surface area contributed by atoms with E-state index in [1.165, 1.54) is 5.56 Å². The first-order valence-electron chi connectivity index (χ1n) is 13.7. The van der Waals surface area contributed by atoms with Gasteiger partial charge in [-0.15, -0.1) is 5.10 Å². The van der Waals surface area contributed by atoms with Crippen molar-refractivity contribution in [2.75, 3.05) is 19.7 Å². The van der Waals surface area contributed by atoms with Crippen LogP contribution in [-0.2, 0) is 33.7 Å². The number of aromatic nitrogens is 3. The highest BCUT2D eigenvalue weighted by Crippen LogP contribution is 2.24. The first kappa shape index (κ1) is 26.6. The molecule has 5 rings (SSSR count). The molecule has 2 atom stereocenters. The average molecular weight is 526 g/mol. The van der Waals surface area contributed by atoms with Crippen molar-refractivity contribution in [3.05, 3.63) is 95.6 Å². The Bertz CT molecular complexity index is 1380. The van der Waals surface area contributed by atoms with Crippen molar-refractivity contribution in [3.63, 3.8) is 0 Å². The third kappa shape index (κ3) is 6.52. The summed E-state index contributed by atoms with van der Waals surface area (Å²) in [6.07, 6.45) is 3.44. The third-order valence-electron chi connectivity index (χ3n) is 7.30. The van der Waals surface area contributed by atoms with E-state index in [9.17, 15) is 9.59 Å². The van der Waals surface area contributed by atoms with E-state index in [1.54, 1.807) is 9.58 Å². The SMILES string of the molecule is CCc1ccc([C@H](C(=O)NC[C@H]2CCCO2)N(CCc2ccccc2)C(=O)Cn2nnc3ccccc32)cc1. The zero-order valence-corrected chi connectivity index (χ0v) is 22.3. The van der Waals surface area contributed by atoms with Gasteiger partial charge in [-0.1, -0.05) is 78.9 Å². The lowest BCUT2D eigenvalue weighted by molar-refractivity contribution is -0.141. The number of carbonyl (C=O) groups is 2. The van der Waals surface area contributed by atoms with Crippen LogP contribution in [0.5, 0.6) is 0 Å². The summed E-state index contributed by atoms with van der Waals surface area (Å²) in [7, 11) is 0. The van der Waals surface area contributed by atoms with Crippen molar-refractivity contribution in [2.24, 2.45) is 0 Å². The molecule has 8 nitrogen and oxygen atoms in total. The smallest absolute Gasteiger partial charge is 0.247 e. The second kappa shape index (κ2) is 12.7. The van der Waals surface area contributed by atoms with Gasteiger partial charge >= 0.3 is 0 Å². The summed E-state index contributed by atoms with van der Waals surface area (Å²) >= 11 is 0. The highest BCUT2D eigenvalue weighted by atomic mass is 16.5. The minimum atomic E-state index is -0.789. The van der Waals surface area contributed by atoms with Gasteiger partial charge in [-0.3, -0.25) is 9.59 Å². The van der Waals surface area contributed by atoms with Gasteiger partial charge in [0.1, 0.15) is 18.1 Å². The van der Waals surface area contributed by atoms with Crippen molar-refractivity contribution in [1.82, 2.24) is 25.2 Å². The highest BCUT2D eigenvalue weighted by molar-refractivity contribution is 5.89. The zero-order chi connectivity index (χ0) is 27.0. The van der Waals surface area contributed by atoms with Crippen molar-refractivity contribution in [1.29, 1.82) is 0 Å². The Morgan fingerprint density at radius 3 is 2.54 bits per heavy atom. The zero-order valence-electron chi connectivity index (χ0n) is 22.3. The topological polar surface area (TPSA) is 89.4 Å². The number of nitrogens with zero attached hydrogens (tertiary/aromatic N) is 4. The lowest BCUT2D eigenvalue weighted by Gasteiger charge is -2.32. The predicted octanol–water partition coefficient (Wildman–Crippen LogP) is 4.10. The van der Waals surface area contributed by atoms with E-state index in [1.807, 2.05) is 78.9 Å². The molecule has 0 saturated carbocycles. The van der Waals surface area contributed by atoms with E-state index >= 15 is 0 Å². The summed E-state index contributed by atoms with van der Waals surface area (Å²) in [5, 5.41) is 11.5. The van der Waals surface area contributed by atoms with Crippen molar-refractivity contribution in [2.45, 2.75) is 51.3 Å². The Balaban J connectivity index is 1.46. The number of nitrogens with one attached hydrogen (secondary N) is 1. The Morgan fingerprint density at radius 2 is 1.79 bits per heavy atom. The molecule has 202 valence electrons. The molecule has 2 amide bonds. The van der Waals surface area contributed by atoms with Crippen LogP contribution < -0.4 is 5.32 Å². The number of ether oxygens (including phenoxy) is 1. The van der Waals surface area contributed by atoms with Gasteiger partial charge in [0.25, 0.3) is 0 Å². The summed E-state index contributed by atoms with van der Waals surface area (Å²) in [4.78, 5) is 29.5. The molecule has 0 bridgehead atoms. The molecular formula is C31H35N5O3. The molecule has 0 radical (unpaired) electrons. The maximum atomic E-state index is 14.0. The lowest BCUT2D eigenvalue weighted by atomic mass is 10.0. The molecule has 1 aliphatic heterocycles. The van der Waals surface area contributed by atoms with Crippen LogP contribution in [0.1, 0.15) is 42.5 Å². The molecule has 4 aromatic rings. The number of para-hydroxylation sites is 1. The van der Waals surface area contributed by atoms with E-state index in [0.717, 1.165) is 48.0 Å². The minimum absolute atomic E-state index is 0.00653. The lowest BCUT2D eigenvalue weighted by Crippen LogP contribution is -2.47. The normalized spacial score (nSPS) is 15.8. The molecule has 3 aromatic carbocycles. The number of hydrogen-bond acceptors (Lipinski definition) is 5. The van der Waals surface area contributed by atoms with E-state index in [4.69, 9.17) is 4.74 Å². The molecule has 39 heavy (non-hydrogen) atoms. The van der Waals surface area contributed by atoms with Crippen LogP contribution in [0.25, 0.3) is 11.0 Å². The van der Waals surface area contributed by atoms with Crippen LogP contribution in [-0.4, -0.2) is 57.5 Å². The van der Waals surface area contributed by atoms with Crippen molar-refractivity contribution in [3.8, 4) is 0 Å². The van der Waals surface area contributed by atoms with E-state index in [2.05, 4.69) is 22.6 Å². The average Bonchev–Trinajstić information content (AvgIpc) is 3.65. The van der Waals surface area contributed by atoms with Gasteiger partial charge in [-0.2, -0.15) is 0 Å². The summed E-state index contributed by atoms with van der Waals surface area (Å²) in [5.74, 6) is -0.405. The summed E-state index contributed by atoms with van der Waals surface area (Å²) in [5.41, 5.74) is 4.56. The van der Waals surface area contributed by atoms with E-state index < -0.39 is 6.04 Å². The fraction of sp³-hybridized carbons (Fsp3) is 0.355. The molecule has 8 heteroatoms. The Kier molecular flexibility index (Phi) is 8.63. The van der Waals surface area contributed by atoms with Crippen molar-refractivity contribution >= 4 is 22.8 Å². The Morgan fingerprint density at radius 1 is 1.03 bits per heavy atom. The molecule has 1 saturated heterocycles. The van der Waals surface area contributed by atoms with Crippen LogP contribution >= 0.6 is 0 Å². The number of benzene rings is 3.